The van der Waals surface area contributed by atoms with Crippen molar-refractivity contribution in [3.8, 4) is 28.7 Å². The molecule has 0 aliphatic carbocycles. The van der Waals surface area contributed by atoms with E-state index in [1.807, 2.05) is 87.2 Å². The van der Waals surface area contributed by atoms with Gasteiger partial charge in [-0.3, -0.25) is 0 Å². The van der Waals surface area contributed by atoms with Crippen LogP contribution in [0.5, 0.6) is 28.7 Å². The lowest BCUT2D eigenvalue weighted by Crippen LogP contribution is -2.10. The van der Waals surface area contributed by atoms with Crippen LogP contribution < -0.4 is 9.64 Å². The normalized spacial score (nSPS) is 10.8. The second-order valence-corrected chi connectivity index (χ2v) is 8.28. The van der Waals surface area contributed by atoms with E-state index >= 15 is 0 Å². The second-order valence-electron chi connectivity index (χ2n) is 8.28. The number of phenolic OH excluding ortho intramolecular Hbond substituents is 3. The fourth-order valence-electron chi connectivity index (χ4n) is 3.62. The van der Waals surface area contributed by atoms with Crippen LogP contribution in [0.25, 0.3) is 0 Å². The maximum atomic E-state index is 10.3. The lowest BCUT2D eigenvalue weighted by atomic mass is 10.1. The summed E-state index contributed by atoms with van der Waals surface area (Å²) >= 11 is 0. The molecule has 0 fully saturated rings. The molecule has 3 N–H and O–H groups in total. The van der Waals surface area contributed by atoms with Crippen LogP contribution in [-0.4, -0.2) is 15.3 Å². The first-order valence-electron chi connectivity index (χ1n) is 10.7. The molecule has 4 rings (SSSR count). The Balaban J connectivity index is 1.73. The molecular weight excluding hydrogens is 414 g/mol. The Hall–Kier alpha value is -4.12. The minimum atomic E-state index is 0.198. The molecular formula is C28H27NO4. The molecule has 4 aromatic rings. The van der Waals surface area contributed by atoms with E-state index in [9.17, 15) is 15.3 Å². The number of phenols is 3. The van der Waals surface area contributed by atoms with Crippen LogP contribution in [0.1, 0.15) is 22.3 Å². The SMILES string of the molecule is Cc1cc(O)c(C)c(Oc2ccc(N(c3ccc(C)c(O)c3)c3ccc(C)c(O)c3)cc2)c1. The molecule has 5 nitrogen and oxygen atoms in total. The molecule has 0 unspecified atom stereocenters. The molecule has 33 heavy (non-hydrogen) atoms. The van der Waals surface area contributed by atoms with Crippen molar-refractivity contribution in [1.82, 2.24) is 0 Å². The van der Waals surface area contributed by atoms with Crippen molar-refractivity contribution in [1.29, 1.82) is 0 Å². The van der Waals surface area contributed by atoms with E-state index in [1.165, 1.54) is 0 Å². The van der Waals surface area contributed by atoms with Crippen LogP contribution in [-0.2, 0) is 0 Å². The smallest absolute Gasteiger partial charge is 0.134 e. The minimum absolute atomic E-state index is 0.198. The third-order valence-corrected chi connectivity index (χ3v) is 5.70. The van der Waals surface area contributed by atoms with E-state index in [2.05, 4.69) is 0 Å². The molecule has 168 valence electrons. The summed E-state index contributed by atoms with van der Waals surface area (Å²) in [5, 5.41) is 30.7. The van der Waals surface area contributed by atoms with E-state index < -0.39 is 0 Å². The van der Waals surface area contributed by atoms with Gasteiger partial charge in [-0.05, 0) is 92.9 Å². The summed E-state index contributed by atoms with van der Waals surface area (Å²) in [5.74, 6) is 1.83. The highest BCUT2D eigenvalue weighted by Crippen LogP contribution is 2.40. The summed E-state index contributed by atoms with van der Waals surface area (Å²) in [6.45, 7) is 7.41. The van der Waals surface area contributed by atoms with Gasteiger partial charge in [-0.25, -0.2) is 0 Å². The van der Waals surface area contributed by atoms with E-state index in [1.54, 1.807) is 18.2 Å². The Kier molecular flexibility index (Phi) is 5.88. The first-order chi connectivity index (χ1) is 15.7. The average Bonchev–Trinajstić information content (AvgIpc) is 2.78. The highest BCUT2D eigenvalue weighted by atomic mass is 16.5. The molecule has 0 atom stereocenters. The van der Waals surface area contributed by atoms with Crippen molar-refractivity contribution >= 4 is 17.1 Å². The molecule has 0 bridgehead atoms. The summed E-state index contributed by atoms with van der Waals surface area (Å²) in [6, 6.07) is 22.1. The van der Waals surface area contributed by atoms with Gasteiger partial charge in [-0.1, -0.05) is 12.1 Å². The lowest BCUT2D eigenvalue weighted by Gasteiger charge is -2.26. The number of ether oxygens (including phenoxy) is 1. The van der Waals surface area contributed by atoms with Gasteiger partial charge in [-0.2, -0.15) is 0 Å². The number of aromatic hydroxyl groups is 3. The van der Waals surface area contributed by atoms with E-state index in [4.69, 9.17) is 4.74 Å². The summed E-state index contributed by atoms with van der Waals surface area (Å²) in [6.07, 6.45) is 0. The number of rotatable bonds is 5. The average molecular weight is 442 g/mol. The number of hydrogen-bond donors (Lipinski definition) is 3. The van der Waals surface area contributed by atoms with Crippen molar-refractivity contribution in [3.63, 3.8) is 0 Å². The van der Waals surface area contributed by atoms with Crippen molar-refractivity contribution < 1.29 is 20.1 Å². The molecule has 5 heteroatoms. The van der Waals surface area contributed by atoms with Gasteiger partial charge in [0, 0.05) is 34.8 Å². The van der Waals surface area contributed by atoms with Gasteiger partial charge < -0.3 is 25.0 Å². The van der Waals surface area contributed by atoms with Gasteiger partial charge in [-0.15, -0.1) is 0 Å². The topological polar surface area (TPSA) is 73.2 Å². The first kappa shape index (κ1) is 22.1. The van der Waals surface area contributed by atoms with Gasteiger partial charge in [0.05, 0.1) is 0 Å². The Morgan fingerprint density at radius 3 is 1.61 bits per heavy atom. The summed E-state index contributed by atoms with van der Waals surface area (Å²) in [7, 11) is 0. The molecule has 0 amide bonds. The summed E-state index contributed by atoms with van der Waals surface area (Å²) < 4.78 is 6.03. The maximum Gasteiger partial charge on any atom is 0.134 e. The summed E-state index contributed by atoms with van der Waals surface area (Å²) in [5.41, 5.74) is 5.50. The predicted octanol–water partition coefficient (Wildman–Crippen LogP) is 7.30. The van der Waals surface area contributed by atoms with Crippen LogP contribution in [0.4, 0.5) is 17.1 Å². The van der Waals surface area contributed by atoms with Crippen molar-refractivity contribution in [2.24, 2.45) is 0 Å². The van der Waals surface area contributed by atoms with E-state index in [0.717, 1.165) is 33.8 Å². The second kappa shape index (κ2) is 8.79. The standard InChI is InChI=1S/C28H27NO4/c1-17-13-27(32)20(4)28(14-17)33-24-11-9-21(10-12-24)29(22-7-5-18(2)25(30)15-22)23-8-6-19(3)26(31)16-23/h5-16,30-32H,1-4H3. The van der Waals surface area contributed by atoms with E-state index in [0.29, 0.717) is 17.1 Å². The number of aryl methyl sites for hydroxylation is 3. The summed E-state index contributed by atoms with van der Waals surface area (Å²) in [4.78, 5) is 1.95. The zero-order chi connectivity index (χ0) is 23.7. The van der Waals surface area contributed by atoms with Crippen LogP contribution >= 0.6 is 0 Å². The molecule has 4 aromatic carbocycles. The fourth-order valence-corrected chi connectivity index (χ4v) is 3.62. The van der Waals surface area contributed by atoms with Crippen LogP contribution in [0.2, 0.25) is 0 Å². The molecule has 0 radical (unpaired) electrons. The quantitative estimate of drug-likeness (QED) is 0.303. The number of anilines is 3. The highest BCUT2D eigenvalue weighted by molar-refractivity contribution is 5.78. The van der Waals surface area contributed by atoms with Crippen molar-refractivity contribution in [3.05, 3.63) is 95.1 Å². The first-order valence-corrected chi connectivity index (χ1v) is 10.7. The highest BCUT2D eigenvalue weighted by Gasteiger charge is 2.16. The number of hydrogen-bond acceptors (Lipinski definition) is 5. The van der Waals surface area contributed by atoms with Gasteiger partial charge in [0.2, 0.25) is 0 Å². The van der Waals surface area contributed by atoms with Crippen molar-refractivity contribution in [2.75, 3.05) is 4.90 Å². The van der Waals surface area contributed by atoms with Gasteiger partial charge in [0.25, 0.3) is 0 Å². The zero-order valence-electron chi connectivity index (χ0n) is 19.1. The molecule has 0 heterocycles. The van der Waals surface area contributed by atoms with Crippen LogP contribution in [0.15, 0.2) is 72.8 Å². The largest absolute Gasteiger partial charge is 0.508 e. The van der Waals surface area contributed by atoms with Crippen LogP contribution in [0.3, 0.4) is 0 Å². The Morgan fingerprint density at radius 2 is 1.09 bits per heavy atom. The lowest BCUT2D eigenvalue weighted by molar-refractivity contribution is 0.447. The minimum Gasteiger partial charge on any atom is -0.508 e. The Labute approximate surface area is 193 Å². The number of benzene rings is 4. The molecule has 0 aliphatic heterocycles. The maximum absolute atomic E-state index is 10.3. The number of nitrogens with zero attached hydrogens (tertiary/aromatic N) is 1. The van der Waals surface area contributed by atoms with Gasteiger partial charge in [0.1, 0.15) is 28.7 Å². The third kappa shape index (κ3) is 4.58. The Bertz CT molecular complexity index is 1260. The predicted molar refractivity (Wildman–Crippen MR) is 132 cm³/mol. The molecule has 0 aromatic heterocycles. The monoisotopic (exact) mass is 441 g/mol. The zero-order valence-corrected chi connectivity index (χ0v) is 19.1. The molecule has 0 spiro atoms. The van der Waals surface area contributed by atoms with Crippen molar-refractivity contribution in [2.45, 2.75) is 27.7 Å². The third-order valence-electron chi connectivity index (χ3n) is 5.70. The molecule has 0 saturated heterocycles. The van der Waals surface area contributed by atoms with Gasteiger partial charge >= 0.3 is 0 Å². The Morgan fingerprint density at radius 1 is 0.576 bits per heavy atom. The van der Waals surface area contributed by atoms with Gasteiger partial charge in [0.15, 0.2) is 0 Å². The molecule has 0 saturated carbocycles. The van der Waals surface area contributed by atoms with Crippen LogP contribution in [0, 0.1) is 27.7 Å². The molecule has 0 aliphatic rings. The van der Waals surface area contributed by atoms with E-state index in [-0.39, 0.29) is 17.2 Å². The fraction of sp³-hybridized carbons (Fsp3) is 0.143.